The molecule has 0 aromatic carbocycles. The minimum Gasteiger partial charge on any atom is -0.378 e. The summed E-state index contributed by atoms with van der Waals surface area (Å²) in [6.07, 6.45) is 11.9. The summed E-state index contributed by atoms with van der Waals surface area (Å²) in [5.41, 5.74) is 0. The number of hydrogen-bond donors (Lipinski definition) is 0. The van der Waals surface area contributed by atoms with E-state index in [1.54, 1.807) is 0 Å². The van der Waals surface area contributed by atoms with Crippen molar-refractivity contribution in [2.75, 3.05) is 25.4 Å². The van der Waals surface area contributed by atoms with Crippen LogP contribution in [-0.4, -0.2) is 47.6 Å². The second-order valence-corrected chi connectivity index (χ2v) is 8.31. The Balaban J connectivity index is 1.48. The summed E-state index contributed by atoms with van der Waals surface area (Å²) in [6.45, 7) is 4.77. The first-order valence-corrected chi connectivity index (χ1v) is 10.0. The summed E-state index contributed by atoms with van der Waals surface area (Å²) in [4.78, 5) is 14.5. The Morgan fingerprint density at radius 2 is 2.23 bits per heavy atom. The molecule has 4 unspecified atom stereocenters. The Morgan fingerprint density at radius 1 is 1.32 bits per heavy atom. The van der Waals surface area contributed by atoms with Crippen molar-refractivity contribution in [1.29, 1.82) is 0 Å². The van der Waals surface area contributed by atoms with Crippen LogP contribution in [0.4, 0.5) is 0 Å². The van der Waals surface area contributed by atoms with Gasteiger partial charge in [-0.3, -0.25) is 4.79 Å². The SMILES string of the molecule is CCN(CC1CCCS1)C(=O)/C=C/C1CCC2OCCC2C1. The fraction of sp³-hybridized carbons (Fsp3) is 0.833. The maximum Gasteiger partial charge on any atom is 0.246 e. The Hall–Kier alpha value is -0.480. The molecule has 3 aliphatic rings. The molecular weight excluding hydrogens is 294 g/mol. The van der Waals surface area contributed by atoms with Gasteiger partial charge in [0, 0.05) is 24.9 Å². The van der Waals surface area contributed by atoms with Gasteiger partial charge in [-0.25, -0.2) is 0 Å². The van der Waals surface area contributed by atoms with Crippen LogP contribution < -0.4 is 0 Å². The average molecular weight is 324 g/mol. The zero-order chi connectivity index (χ0) is 15.4. The van der Waals surface area contributed by atoms with Crippen molar-refractivity contribution in [3.8, 4) is 0 Å². The number of ether oxygens (including phenoxy) is 1. The average Bonchev–Trinajstić information content (AvgIpc) is 3.20. The summed E-state index contributed by atoms with van der Waals surface area (Å²) in [5.74, 6) is 2.78. The topological polar surface area (TPSA) is 29.5 Å². The summed E-state index contributed by atoms with van der Waals surface area (Å²) in [6, 6.07) is 0. The van der Waals surface area contributed by atoms with Gasteiger partial charge in [-0.2, -0.15) is 11.8 Å². The van der Waals surface area contributed by atoms with E-state index in [-0.39, 0.29) is 5.91 Å². The molecule has 2 aliphatic heterocycles. The molecule has 0 spiro atoms. The van der Waals surface area contributed by atoms with E-state index < -0.39 is 0 Å². The molecule has 2 heterocycles. The van der Waals surface area contributed by atoms with Crippen molar-refractivity contribution in [3.05, 3.63) is 12.2 Å². The highest BCUT2D eigenvalue weighted by Gasteiger charge is 2.34. The summed E-state index contributed by atoms with van der Waals surface area (Å²) < 4.78 is 5.76. The second-order valence-electron chi connectivity index (χ2n) is 6.90. The molecule has 3 fully saturated rings. The molecule has 22 heavy (non-hydrogen) atoms. The molecule has 2 saturated heterocycles. The molecule has 1 saturated carbocycles. The van der Waals surface area contributed by atoms with Crippen LogP contribution in [0.2, 0.25) is 0 Å². The van der Waals surface area contributed by atoms with Crippen LogP contribution in [0, 0.1) is 11.8 Å². The fourth-order valence-electron chi connectivity index (χ4n) is 4.07. The summed E-state index contributed by atoms with van der Waals surface area (Å²) >= 11 is 2.03. The van der Waals surface area contributed by atoms with E-state index in [0.29, 0.717) is 17.3 Å². The zero-order valence-electron chi connectivity index (χ0n) is 13.7. The molecule has 0 aromatic heterocycles. The Labute approximate surface area is 138 Å². The molecule has 3 rings (SSSR count). The summed E-state index contributed by atoms with van der Waals surface area (Å²) in [5, 5.41) is 0.656. The molecular formula is C18H29NO2S. The van der Waals surface area contributed by atoms with Crippen molar-refractivity contribution < 1.29 is 9.53 Å². The highest BCUT2D eigenvalue weighted by atomic mass is 32.2. The van der Waals surface area contributed by atoms with Gasteiger partial charge in [-0.15, -0.1) is 0 Å². The predicted octanol–water partition coefficient (Wildman–Crippen LogP) is 3.49. The third-order valence-corrected chi connectivity index (χ3v) is 6.81. The molecule has 0 aromatic rings. The van der Waals surface area contributed by atoms with Gasteiger partial charge in [0.05, 0.1) is 6.10 Å². The largest absolute Gasteiger partial charge is 0.378 e. The minimum atomic E-state index is 0.208. The Bertz CT molecular complexity index is 406. The maximum atomic E-state index is 12.4. The van der Waals surface area contributed by atoms with E-state index in [0.717, 1.165) is 25.6 Å². The number of likely N-dealkylation sites (N-methyl/N-ethyl adjacent to an activating group) is 1. The number of nitrogens with zero attached hydrogens (tertiary/aromatic N) is 1. The van der Waals surface area contributed by atoms with Crippen molar-refractivity contribution >= 4 is 17.7 Å². The monoisotopic (exact) mass is 323 g/mol. The smallest absolute Gasteiger partial charge is 0.246 e. The van der Waals surface area contributed by atoms with E-state index in [9.17, 15) is 4.79 Å². The number of rotatable bonds is 5. The molecule has 124 valence electrons. The number of carbonyl (C=O) groups excluding carboxylic acids is 1. The first-order valence-electron chi connectivity index (χ1n) is 8.96. The second kappa shape index (κ2) is 7.87. The van der Waals surface area contributed by atoms with Gasteiger partial charge < -0.3 is 9.64 Å². The van der Waals surface area contributed by atoms with Crippen molar-refractivity contribution in [1.82, 2.24) is 4.90 Å². The van der Waals surface area contributed by atoms with Gasteiger partial charge in [0.2, 0.25) is 5.91 Å². The Morgan fingerprint density at radius 3 is 3.00 bits per heavy atom. The van der Waals surface area contributed by atoms with Gasteiger partial charge in [0.15, 0.2) is 0 Å². The molecule has 1 amide bonds. The molecule has 4 heteroatoms. The van der Waals surface area contributed by atoms with Crippen LogP contribution in [0.5, 0.6) is 0 Å². The lowest BCUT2D eigenvalue weighted by Crippen LogP contribution is -2.34. The minimum absolute atomic E-state index is 0.208. The van der Waals surface area contributed by atoms with E-state index in [2.05, 4.69) is 13.0 Å². The zero-order valence-corrected chi connectivity index (χ0v) is 14.5. The van der Waals surface area contributed by atoms with E-state index >= 15 is 0 Å². The third kappa shape index (κ3) is 4.08. The van der Waals surface area contributed by atoms with Gasteiger partial charge in [-0.1, -0.05) is 6.08 Å². The quantitative estimate of drug-likeness (QED) is 0.725. The van der Waals surface area contributed by atoms with Crippen molar-refractivity contribution in [2.24, 2.45) is 11.8 Å². The number of amides is 1. The third-order valence-electron chi connectivity index (χ3n) is 5.43. The van der Waals surface area contributed by atoms with Crippen LogP contribution in [0.15, 0.2) is 12.2 Å². The van der Waals surface area contributed by atoms with Gasteiger partial charge in [0.25, 0.3) is 0 Å². The summed E-state index contributed by atoms with van der Waals surface area (Å²) in [7, 11) is 0. The number of fused-ring (bicyclic) bond motifs is 1. The van der Waals surface area contributed by atoms with E-state index in [1.165, 1.54) is 44.3 Å². The molecule has 3 nitrogen and oxygen atoms in total. The van der Waals surface area contributed by atoms with E-state index in [4.69, 9.17) is 4.74 Å². The lowest BCUT2D eigenvalue weighted by molar-refractivity contribution is -0.125. The van der Waals surface area contributed by atoms with Crippen LogP contribution in [-0.2, 0) is 9.53 Å². The number of hydrogen-bond acceptors (Lipinski definition) is 3. The van der Waals surface area contributed by atoms with Crippen molar-refractivity contribution in [3.63, 3.8) is 0 Å². The van der Waals surface area contributed by atoms with E-state index in [1.807, 2.05) is 22.7 Å². The first kappa shape index (κ1) is 16.4. The van der Waals surface area contributed by atoms with Crippen LogP contribution in [0.25, 0.3) is 0 Å². The fourth-order valence-corrected chi connectivity index (χ4v) is 5.36. The molecule has 0 N–H and O–H groups in total. The Kier molecular flexibility index (Phi) is 5.86. The van der Waals surface area contributed by atoms with Crippen LogP contribution >= 0.6 is 11.8 Å². The maximum absolute atomic E-state index is 12.4. The van der Waals surface area contributed by atoms with Crippen LogP contribution in [0.1, 0.15) is 45.4 Å². The number of allylic oxidation sites excluding steroid dienone is 1. The van der Waals surface area contributed by atoms with Gasteiger partial charge in [0.1, 0.15) is 0 Å². The highest BCUT2D eigenvalue weighted by Crippen LogP contribution is 2.37. The van der Waals surface area contributed by atoms with Crippen molar-refractivity contribution in [2.45, 2.75) is 56.8 Å². The molecule has 0 bridgehead atoms. The highest BCUT2D eigenvalue weighted by molar-refractivity contribution is 8.00. The first-order chi connectivity index (χ1) is 10.8. The van der Waals surface area contributed by atoms with Gasteiger partial charge >= 0.3 is 0 Å². The normalized spacial score (nSPS) is 35.0. The number of thioether (sulfide) groups is 1. The van der Waals surface area contributed by atoms with Gasteiger partial charge in [-0.05, 0) is 69.1 Å². The van der Waals surface area contributed by atoms with Crippen LogP contribution in [0.3, 0.4) is 0 Å². The molecule has 4 atom stereocenters. The predicted molar refractivity (Wildman–Crippen MR) is 92.1 cm³/mol. The number of carbonyl (C=O) groups is 1. The molecule has 0 radical (unpaired) electrons. The standard InChI is InChI=1S/C18H29NO2S/c1-2-19(13-16-4-3-11-22-16)18(20)8-6-14-5-7-17-15(12-14)9-10-21-17/h6,8,14-17H,2-5,7,9-13H2,1H3/b8-6+. The lowest BCUT2D eigenvalue weighted by atomic mass is 9.79. The molecule has 1 aliphatic carbocycles. The lowest BCUT2D eigenvalue weighted by Gasteiger charge is -2.29.